The Bertz CT molecular complexity index is 606. The lowest BCUT2D eigenvalue weighted by molar-refractivity contribution is 0.864. The molecule has 1 N–H and O–H groups in total. The van der Waals surface area contributed by atoms with Crippen molar-refractivity contribution in [2.75, 3.05) is 11.9 Å². The Morgan fingerprint density at radius 1 is 1.10 bits per heavy atom. The number of nitrogens with one attached hydrogen (secondary N) is 1. The van der Waals surface area contributed by atoms with E-state index < -0.39 is 0 Å². The van der Waals surface area contributed by atoms with Crippen molar-refractivity contribution < 1.29 is 0 Å². The van der Waals surface area contributed by atoms with Crippen molar-refractivity contribution in [3.63, 3.8) is 0 Å². The van der Waals surface area contributed by atoms with Gasteiger partial charge in [-0.1, -0.05) is 37.7 Å². The molecule has 2 rings (SSSR count). The highest BCUT2D eigenvalue weighted by atomic mass is 32.2. The number of aromatic nitrogens is 2. The van der Waals surface area contributed by atoms with E-state index >= 15 is 0 Å². The van der Waals surface area contributed by atoms with Gasteiger partial charge >= 0.3 is 0 Å². The highest BCUT2D eigenvalue weighted by molar-refractivity contribution is 7.99. The number of benzene rings is 1. The molecule has 1 aromatic heterocycles. The zero-order chi connectivity index (χ0) is 15.4. The van der Waals surface area contributed by atoms with Crippen LogP contribution in [0.4, 0.5) is 5.82 Å². The van der Waals surface area contributed by atoms with Gasteiger partial charge in [-0.25, -0.2) is 9.97 Å². The summed E-state index contributed by atoms with van der Waals surface area (Å²) in [4.78, 5) is 10.3. The second-order valence-electron chi connectivity index (χ2n) is 5.41. The molecule has 0 unspecified atom stereocenters. The summed E-state index contributed by atoms with van der Waals surface area (Å²) in [6.07, 6.45) is 0. The Morgan fingerprint density at radius 3 is 2.33 bits per heavy atom. The summed E-state index contributed by atoms with van der Waals surface area (Å²) in [5.41, 5.74) is 2.48. The number of nitrogens with zero attached hydrogens (tertiary/aromatic N) is 2. The molecule has 0 aliphatic carbocycles. The Balaban J connectivity index is 2.26. The molecule has 1 aromatic carbocycles. The van der Waals surface area contributed by atoms with Crippen LogP contribution in [0.1, 0.15) is 43.6 Å². The van der Waals surface area contributed by atoms with Crippen molar-refractivity contribution in [1.29, 1.82) is 0 Å². The fourth-order valence-corrected chi connectivity index (χ4v) is 3.00. The van der Waals surface area contributed by atoms with E-state index in [0.29, 0.717) is 5.92 Å². The molecule has 4 heteroatoms. The molecule has 0 saturated carbocycles. The number of aryl methyl sites for hydroxylation is 1. The summed E-state index contributed by atoms with van der Waals surface area (Å²) in [6.45, 7) is 11.4. The number of rotatable bonds is 5. The molecule has 0 fully saturated rings. The van der Waals surface area contributed by atoms with E-state index in [9.17, 15) is 0 Å². The Labute approximate surface area is 131 Å². The molecule has 3 nitrogen and oxygen atoms in total. The van der Waals surface area contributed by atoms with Crippen LogP contribution in [0.15, 0.2) is 34.2 Å². The second-order valence-corrected chi connectivity index (χ2v) is 6.47. The van der Waals surface area contributed by atoms with Crippen LogP contribution in [0.5, 0.6) is 0 Å². The molecule has 1 heterocycles. The minimum Gasteiger partial charge on any atom is -0.370 e. The molecule has 0 spiro atoms. The average molecular weight is 301 g/mol. The standard InChI is InChI=1S/C17H23N3S/c1-6-18-16-12(4)17(20-13(5)19-16)21-15-9-7-14(8-10-15)11(2)3/h7-11H,6H2,1-5H3,(H,18,19,20). The monoisotopic (exact) mass is 301 g/mol. The molecular weight excluding hydrogens is 278 g/mol. The Hall–Kier alpha value is -1.55. The molecule has 0 amide bonds. The summed E-state index contributed by atoms with van der Waals surface area (Å²) >= 11 is 1.70. The molecule has 0 radical (unpaired) electrons. The van der Waals surface area contributed by atoms with E-state index in [-0.39, 0.29) is 0 Å². The Kier molecular flexibility index (Phi) is 5.23. The molecule has 0 saturated heterocycles. The van der Waals surface area contributed by atoms with Gasteiger partial charge < -0.3 is 5.32 Å². The zero-order valence-corrected chi connectivity index (χ0v) is 14.2. The van der Waals surface area contributed by atoms with Gasteiger partial charge in [-0.05, 0) is 44.4 Å². The summed E-state index contributed by atoms with van der Waals surface area (Å²) in [7, 11) is 0. The van der Waals surface area contributed by atoms with Crippen molar-refractivity contribution >= 4 is 17.6 Å². The van der Waals surface area contributed by atoms with Gasteiger partial charge in [-0.3, -0.25) is 0 Å². The highest BCUT2D eigenvalue weighted by Gasteiger charge is 2.10. The number of hydrogen-bond donors (Lipinski definition) is 1. The zero-order valence-electron chi connectivity index (χ0n) is 13.4. The predicted molar refractivity (Wildman–Crippen MR) is 90.3 cm³/mol. The Morgan fingerprint density at radius 2 is 1.76 bits per heavy atom. The third-order valence-corrected chi connectivity index (χ3v) is 4.42. The molecule has 0 aliphatic heterocycles. The van der Waals surface area contributed by atoms with Crippen LogP contribution in [0.3, 0.4) is 0 Å². The maximum atomic E-state index is 4.58. The number of hydrogen-bond acceptors (Lipinski definition) is 4. The fraction of sp³-hybridized carbons (Fsp3) is 0.412. The summed E-state index contributed by atoms with van der Waals surface area (Å²) in [5.74, 6) is 2.30. The SMILES string of the molecule is CCNc1nc(C)nc(Sc2ccc(C(C)C)cc2)c1C. The molecule has 21 heavy (non-hydrogen) atoms. The number of anilines is 1. The molecule has 2 aromatic rings. The summed E-state index contributed by atoms with van der Waals surface area (Å²) in [6, 6.07) is 8.73. The van der Waals surface area contributed by atoms with Crippen LogP contribution in [-0.4, -0.2) is 16.5 Å². The van der Waals surface area contributed by atoms with Crippen molar-refractivity contribution in [2.45, 2.75) is 50.5 Å². The van der Waals surface area contributed by atoms with Crippen LogP contribution < -0.4 is 5.32 Å². The van der Waals surface area contributed by atoms with E-state index in [2.05, 4.69) is 67.2 Å². The molecular formula is C17H23N3S. The van der Waals surface area contributed by atoms with Gasteiger partial charge in [0.25, 0.3) is 0 Å². The normalized spacial score (nSPS) is 11.0. The van der Waals surface area contributed by atoms with Gasteiger partial charge in [0.1, 0.15) is 16.7 Å². The topological polar surface area (TPSA) is 37.8 Å². The largest absolute Gasteiger partial charge is 0.370 e. The summed E-state index contributed by atoms with van der Waals surface area (Å²) in [5, 5.41) is 4.33. The first-order chi connectivity index (χ1) is 10.0. The van der Waals surface area contributed by atoms with Gasteiger partial charge in [-0.2, -0.15) is 0 Å². The smallest absolute Gasteiger partial charge is 0.133 e. The predicted octanol–water partition coefficient (Wildman–Crippen LogP) is 4.80. The molecule has 0 atom stereocenters. The first-order valence-electron chi connectivity index (χ1n) is 7.38. The molecule has 0 bridgehead atoms. The lowest BCUT2D eigenvalue weighted by atomic mass is 10.0. The van der Waals surface area contributed by atoms with E-state index in [0.717, 1.165) is 28.8 Å². The third kappa shape index (κ3) is 3.97. The van der Waals surface area contributed by atoms with Crippen LogP contribution >= 0.6 is 11.8 Å². The van der Waals surface area contributed by atoms with Crippen molar-refractivity contribution in [1.82, 2.24) is 9.97 Å². The van der Waals surface area contributed by atoms with E-state index in [1.165, 1.54) is 10.5 Å². The van der Waals surface area contributed by atoms with Crippen molar-refractivity contribution in [3.05, 3.63) is 41.2 Å². The van der Waals surface area contributed by atoms with Gasteiger partial charge in [-0.15, -0.1) is 0 Å². The van der Waals surface area contributed by atoms with Crippen LogP contribution in [-0.2, 0) is 0 Å². The van der Waals surface area contributed by atoms with Gasteiger partial charge in [0.2, 0.25) is 0 Å². The third-order valence-electron chi connectivity index (χ3n) is 3.32. The van der Waals surface area contributed by atoms with Crippen LogP contribution in [0.2, 0.25) is 0 Å². The van der Waals surface area contributed by atoms with Crippen molar-refractivity contribution in [3.8, 4) is 0 Å². The summed E-state index contributed by atoms with van der Waals surface area (Å²) < 4.78 is 0. The van der Waals surface area contributed by atoms with E-state index in [1.807, 2.05) is 6.92 Å². The van der Waals surface area contributed by atoms with Gasteiger partial charge in [0.15, 0.2) is 0 Å². The molecule has 0 aliphatic rings. The lowest BCUT2D eigenvalue weighted by Crippen LogP contribution is -2.05. The van der Waals surface area contributed by atoms with Crippen LogP contribution in [0, 0.1) is 13.8 Å². The van der Waals surface area contributed by atoms with Gasteiger partial charge in [0, 0.05) is 17.0 Å². The quantitative estimate of drug-likeness (QED) is 0.805. The fourth-order valence-electron chi connectivity index (χ4n) is 2.07. The lowest BCUT2D eigenvalue weighted by Gasteiger charge is -2.12. The van der Waals surface area contributed by atoms with E-state index in [4.69, 9.17) is 0 Å². The molecule has 112 valence electrons. The maximum absolute atomic E-state index is 4.58. The van der Waals surface area contributed by atoms with Crippen molar-refractivity contribution in [2.24, 2.45) is 0 Å². The minimum atomic E-state index is 0.562. The minimum absolute atomic E-state index is 0.562. The van der Waals surface area contributed by atoms with E-state index in [1.54, 1.807) is 11.8 Å². The van der Waals surface area contributed by atoms with Gasteiger partial charge in [0.05, 0.1) is 0 Å². The average Bonchev–Trinajstić information content (AvgIpc) is 2.44. The van der Waals surface area contributed by atoms with Crippen LogP contribution in [0.25, 0.3) is 0 Å². The highest BCUT2D eigenvalue weighted by Crippen LogP contribution is 2.32. The second kappa shape index (κ2) is 6.94. The first kappa shape index (κ1) is 15.8. The first-order valence-corrected chi connectivity index (χ1v) is 8.19. The maximum Gasteiger partial charge on any atom is 0.133 e.